The van der Waals surface area contributed by atoms with E-state index in [1.54, 1.807) is 7.11 Å². The van der Waals surface area contributed by atoms with Gasteiger partial charge < -0.3 is 20.3 Å². The third-order valence-electron chi connectivity index (χ3n) is 6.26. The van der Waals surface area contributed by atoms with Crippen LogP contribution in [0.4, 0.5) is 17.1 Å². The molecule has 2 heterocycles. The second-order valence-corrected chi connectivity index (χ2v) is 8.78. The number of anilines is 3. The molecule has 0 bridgehead atoms. The molecule has 164 valence electrons. The highest BCUT2D eigenvalue weighted by molar-refractivity contribution is 6.07. The number of ether oxygens (including phenoxy) is 1. The molecule has 7 nitrogen and oxygen atoms in total. The van der Waals surface area contributed by atoms with Gasteiger partial charge in [-0.3, -0.25) is 14.5 Å². The number of nitrogens with zero attached hydrogens (tertiary/aromatic N) is 2. The normalized spacial score (nSPS) is 17.8. The number of amides is 2. The number of aryl methyl sites for hydroxylation is 1. The van der Waals surface area contributed by atoms with E-state index < -0.39 is 5.41 Å². The average molecular weight is 423 g/mol. The fraction of sp³-hybridized carbons (Fsp3) is 0.417. The van der Waals surface area contributed by atoms with E-state index in [0.717, 1.165) is 60.1 Å². The molecule has 7 heteroatoms. The van der Waals surface area contributed by atoms with E-state index in [4.69, 9.17) is 4.74 Å². The van der Waals surface area contributed by atoms with Crippen LogP contribution in [-0.2, 0) is 15.0 Å². The number of piperazine rings is 1. The highest BCUT2D eigenvalue weighted by atomic mass is 16.5. The summed E-state index contributed by atoms with van der Waals surface area (Å²) in [6.07, 6.45) is 0. The minimum Gasteiger partial charge on any atom is -0.495 e. The molecule has 2 aromatic rings. The maximum Gasteiger partial charge on any atom is 0.238 e. The number of nitrogens with one attached hydrogen (secondary N) is 2. The van der Waals surface area contributed by atoms with Crippen LogP contribution in [0.1, 0.15) is 25.0 Å². The molecule has 0 aliphatic carbocycles. The second-order valence-electron chi connectivity index (χ2n) is 8.78. The molecule has 1 saturated heterocycles. The molecular formula is C24H30N4O3. The summed E-state index contributed by atoms with van der Waals surface area (Å²) in [5.74, 6) is 0.818. The lowest BCUT2D eigenvalue weighted by molar-refractivity contribution is -0.119. The molecule has 4 rings (SSSR count). The van der Waals surface area contributed by atoms with Crippen molar-refractivity contribution in [1.29, 1.82) is 0 Å². The Bertz CT molecular complexity index is 1010. The molecule has 0 radical (unpaired) electrons. The molecule has 2 aliphatic heterocycles. The van der Waals surface area contributed by atoms with Crippen LogP contribution in [-0.4, -0.2) is 56.5 Å². The molecule has 2 amide bonds. The van der Waals surface area contributed by atoms with Gasteiger partial charge in [-0.1, -0.05) is 12.1 Å². The van der Waals surface area contributed by atoms with Gasteiger partial charge in [-0.05, 0) is 56.2 Å². The predicted octanol–water partition coefficient (Wildman–Crippen LogP) is 2.99. The SMILES string of the molecule is COc1ccccc1N1CCN(CC(=O)Nc2cc(C)c3c(c2)C(C)(C)C(=O)N3)CC1. The van der Waals surface area contributed by atoms with E-state index in [9.17, 15) is 9.59 Å². The van der Waals surface area contributed by atoms with Gasteiger partial charge in [0, 0.05) is 37.6 Å². The Hall–Kier alpha value is -3.06. The van der Waals surface area contributed by atoms with E-state index in [2.05, 4.69) is 26.5 Å². The van der Waals surface area contributed by atoms with Crippen molar-refractivity contribution in [3.8, 4) is 5.75 Å². The molecule has 31 heavy (non-hydrogen) atoms. The van der Waals surface area contributed by atoms with Gasteiger partial charge in [-0.2, -0.15) is 0 Å². The number of hydrogen-bond acceptors (Lipinski definition) is 5. The molecule has 1 fully saturated rings. The summed E-state index contributed by atoms with van der Waals surface area (Å²) >= 11 is 0. The van der Waals surface area contributed by atoms with Crippen LogP contribution in [0.3, 0.4) is 0 Å². The zero-order valence-corrected chi connectivity index (χ0v) is 18.6. The quantitative estimate of drug-likeness (QED) is 0.775. The van der Waals surface area contributed by atoms with Crippen LogP contribution in [0.2, 0.25) is 0 Å². The number of benzene rings is 2. The van der Waals surface area contributed by atoms with E-state index >= 15 is 0 Å². The highest BCUT2D eigenvalue weighted by Gasteiger charge is 2.39. The molecule has 0 unspecified atom stereocenters. The number of fused-ring (bicyclic) bond motifs is 1. The van der Waals surface area contributed by atoms with Crippen molar-refractivity contribution in [1.82, 2.24) is 4.90 Å². The Morgan fingerprint density at radius 3 is 2.58 bits per heavy atom. The standard InChI is InChI=1S/C24H30N4O3/c1-16-13-17(14-18-22(16)26-23(30)24(18,2)3)25-21(29)15-27-9-11-28(12-10-27)19-7-5-6-8-20(19)31-4/h5-8,13-14H,9-12,15H2,1-4H3,(H,25,29)(H,26,30). The van der Waals surface area contributed by atoms with Crippen LogP contribution >= 0.6 is 0 Å². The van der Waals surface area contributed by atoms with E-state index in [1.165, 1.54) is 0 Å². The lowest BCUT2D eigenvalue weighted by Gasteiger charge is -2.36. The minimum absolute atomic E-state index is 0.0120. The average Bonchev–Trinajstić information content (AvgIpc) is 2.98. The summed E-state index contributed by atoms with van der Waals surface area (Å²) in [6, 6.07) is 11.9. The topological polar surface area (TPSA) is 73.9 Å². The third kappa shape index (κ3) is 4.10. The summed E-state index contributed by atoms with van der Waals surface area (Å²) in [4.78, 5) is 29.4. The van der Waals surface area contributed by atoms with Gasteiger partial charge in [0.1, 0.15) is 5.75 Å². The Morgan fingerprint density at radius 1 is 1.16 bits per heavy atom. The van der Waals surface area contributed by atoms with E-state index in [-0.39, 0.29) is 11.8 Å². The van der Waals surface area contributed by atoms with Crippen molar-refractivity contribution < 1.29 is 14.3 Å². The van der Waals surface area contributed by atoms with Gasteiger partial charge in [0.05, 0.1) is 24.8 Å². The smallest absolute Gasteiger partial charge is 0.238 e. The van der Waals surface area contributed by atoms with Crippen molar-refractivity contribution >= 4 is 28.9 Å². The Labute approximate surface area is 183 Å². The summed E-state index contributed by atoms with van der Waals surface area (Å²) in [5.41, 5.74) is 3.97. The number of methoxy groups -OCH3 is 1. The first-order valence-electron chi connectivity index (χ1n) is 10.7. The molecule has 0 atom stereocenters. The van der Waals surface area contributed by atoms with Crippen molar-refractivity contribution in [2.24, 2.45) is 0 Å². The summed E-state index contributed by atoms with van der Waals surface area (Å²) < 4.78 is 5.47. The van der Waals surface area contributed by atoms with E-state index in [1.807, 2.05) is 51.1 Å². The second kappa shape index (κ2) is 8.23. The van der Waals surface area contributed by atoms with Gasteiger partial charge in [0.2, 0.25) is 11.8 Å². The largest absolute Gasteiger partial charge is 0.495 e. The molecule has 2 aliphatic rings. The first-order chi connectivity index (χ1) is 14.8. The van der Waals surface area contributed by atoms with Crippen molar-refractivity contribution in [3.05, 3.63) is 47.5 Å². The predicted molar refractivity (Wildman–Crippen MR) is 123 cm³/mol. The Kier molecular flexibility index (Phi) is 5.62. The maximum absolute atomic E-state index is 12.7. The molecule has 0 spiro atoms. The van der Waals surface area contributed by atoms with Gasteiger partial charge in [-0.25, -0.2) is 0 Å². The number of carbonyl (C=O) groups excluding carboxylic acids is 2. The number of para-hydroxylation sites is 2. The maximum atomic E-state index is 12.7. The first kappa shape index (κ1) is 21.2. The summed E-state index contributed by atoms with van der Waals surface area (Å²) in [7, 11) is 1.69. The zero-order chi connectivity index (χ0) is 22.2. The van der Waals surface area contributed by atoms with E-state index in [0.29, 0.717) is 6.54 Å². The minimum atomic E-state index is -0.602. The van der Waals surface area contributed by atoms with Crippen molar-refractivity contribution in [3.63, 3.8) is 0 Å². The van der Waals surface area contributed by atoms with Gasteiger partial charge in [0.25, 0.3) is 0 Å². The zero-order valence-electron chi connectivity index (χ0n) is 18.6. The summed E-state index contributed by atoms with van der Waals surface area (Å²) in [6.45, 7) is 9.39. The van der Waals surface area contributed by atoms with Crippen molar-refractivity contribution in [2.45, 2.75) is 26.2 Å². The molecule has 0 aromatic heterocycles. The summed E-state index contributed by atoms with van der Waals surface area (Å²) in [5, 5.41) is 5.97. The molecule has 2 N–H and O–H groups in total. The van der Waals surface area contributed by atoms with Gasteiger partial charge >= 0.3 is 0 Å². The highest BCUT2D eigenvalue weighted by Crippen LogP contribution is 2.41. The van der Waals surface area contributed by atoms with Crippen LogP contribution in [0.5, 0.6) is 5.75 Å². The van der Waals surface area contributed by atoms with Gasteiger partial charge in [0.15, 0.2) is 0 Å². The lowest BCUT2D eigenvalue weighted by atomic mass is 9.85. The molecule has 2 aromatic carbocycles. The monoisotopic (exact) mass is 422 g/mol. The number of carbonyl (C=O) groups is 2. The van der Waals surface area contributed by atoms with Crippen LogP contribution in [0, 0.1) is 6.92 Å². The van der Waals surface area contributed by atoms with Crippen molar-refractivity contribution in [2.75, 3.05) is 55.4 Å². The van der Waals surface area contributed by atoms with Crippen LogP contribution in [0.25, 0.3) is 0 Å². The number of rotatable bonds is 5. The third-order valence-corrected chi connectivity index (χ3v) is 6.26. The number of hydrogen-bond donors (Lipinski definition) is 2. The lowest BCUT2D eigenvalue weighted by Crippen LogP contribution is -2.48. The van der Waals surface area contributed by atoms with Gasteiger partial charge in [-0.15, -0.1) is 0 Å². The fourth-order valence-electron chi connectivity index (χ4n) is 4.35. The molecule has 0 saturated carbocycles. The molecular weight excluding hydrogens is 392 g/mol. The Balaban J connectivity index is 1.36. The Morgan fingerprint density at radius 2 is 1.87 bits per heavy atom. The van der Waals surface area contributed by atoms with Crippen LogP contribution in [0.15, 0.2) is 36.4 Å². The fourth-order valence-corrected chi connectivity index (χ4v) is 4.35. The first-order valence-corrected chi connectivity index (χ1v) is 10.7. The van der Waals surface area contributed by atoms with Crippen LogP contribution < -0.4 is 20.3 Å².